The molecule has 226 valence electrons. The molecule has 0 radical (unpaired) electrons. The van der Waals surface area contributed by atoms with Crippen molar-refractivity contribution < 1.29 is 38.7 Å². The topological polar surface area (TPSA) is 160 Å². The number of fused-ring (bicyclic) bond motifs is 1. The number of likely N-dealkylation sites (tertiary alicyclic amines) is 1. The third kappa shape index (κ3) is 5.86. The minimum atomic E-state index is -0.924. The molecule has 1 aromatic carbocycles. The number of rotatable bonds is 10. The van der Waals surface area contributed by atoms with E-state index < -0.39 is 41.1 Å². The number of amides is 3. The molecule has 14 heteroatoms. The Kier molecular flexibility index (Phi) is 9.26. The predicted molar refractivity (Wildman–Crippen MR) is 152 cm³/mol. The number of nitro groups is 1. The first-order valence-corrected chi connectivity index (χ1v) is 14.3. The zero-order chi connectivity index (χ0) is 30.9. The van der Waals surface area contributed by atoms with Crippen LogP contribution < -0.4 is 0 Å². The number of carbonyl (C=O) groups is 4. The van der Waals surface area contributed by atoms with Gasteiger partial charge >= 0.3 is 12.1 Å². The number of carbonyl (C=O) groups excluding carboxylic acids is 4. The summed E-state index contributed by atoms with van der Waals surface area (Å²) >= 11 is 1.32. The van der Waals surface area contributed by atoms with Gasteiger partial charge in [0.1, 0.15) is 25.0 Å². The second-order valence-corrected chi connectivity index (χ2v) is 12.1. The number of ether oxygens (including phenoxy) is 2. The molecule has 0 unspecified atom stereocenters. The zero-order valence-corrected chi connectivity index (χ0v) is 24.6. The fourth-order valence-electron chi connectivity index (χ4n) is 5.61. The van der Waals surface area contributed by atoms with Crippen LogP contribution in [-0.2, 0) is 30.5 Å². The Morgan fingerprint density at radius 3 is 2.50 bits per heavy atom. The number of non-ortho nitro benzene ring substituents is 1. The summed E-state index contributed by atoms with van der Waals surface area (Å²) in [6.45, 7) is 6.93. The molecule has 3 aliphatic rings. The molecule has 3 aliphatic heterocycles. The van der Waals surface area contributed by atoms with Crippen molar-refractivity contribution in [1.82, 2.24) is 14.7 Å². The lowest BCUT2D eigenvalue weighted by Crippen LogP contribution is -2.63. The number of nitrogens with zero attached hydrogens (tertiary/aromatic N) is 4. The number of nitro benzene ring substituents is 1. The van der Waals surface area contributed by atoms with Gasteiger partial charge in [-0.15, -0.1) is 11.8 Å². The SMILES string of the molecule is C=CCOC(=O)N1C[C@@H](SC2=C(C(=O)OCc3ccc([N+](=O)[O-])cc3)N3C(=O)[C@H]([C@@H](C)O)[C@H]3[C@H]2C)C[C@H]1C(=O)N(C)C. The van der Waals surface area contributed by atoms with Gasteiger partial charge in [-0.1, -0.05) is 19.6 Å². The Bertz CT molecular complexity index is 1310. The van der Waals surface area contributed by atoms with E-state index in [-0.39, 0.29) is 54.1 Å². The number of benzene rings is 1. The highest BCUT2D eigenvalue weighted by atomic mass is 32.2. The van der Waals surface area contributed by atoms with Crippen molar-refractivity contribution in [3.05, 3.63) is 63.2 Å². The van der Waals surface area contributed by atoms with E-state index in [2.05, 4.69) is 6.58 Å². The molecule has 2 fully saturated rings. The van der Waals surface area contributed by atoms with Gasteiger partial charge in [-0.3, -0.25) is 24.6 Å². The van der Waals surface area contributed by atoms with Crippen LogP contribution in [0.4, 0.5) is 10.5 Å². The standard InChI is InChI=1S/C28H34N4O9S/c1-6-11-40-28(37)30-13-19(12-20(30)25(34)29(4)5)42-24-15(2)22-21(16(3)33)26(35)31(22)23(24)27(36)41-14-17-7-9-18(10-8-17)32(38)39/h6-10,15-16,19-22,33H,1,11-14H2,2-5H3/t15-,16-,19+,20+,21-,22-/m1/s1. The Morgan fingerprint density at radius 2 is 1.93 bits per heavy atom. The van der Waals surface area contributed by atoms with Crippen molar-refractivity contribution in [3.63, 3.8) is 0 Å². The maximum atomic E-state index is 13.5. The molecule has 0 saturated carbocycles. The van der Waals surface area contributed by atoms with Gasteiger partial charge in [0, 0.05) is 48.8 Å². The average Bonchev–Trinajstić information content (AvgIpc) is 3.47. The first-order valence-electron chi connectivity index (χ1n) is 13.4. The number of thioether (sulfide) groups is 1. The molecule has 2 saturated heterocycles. The maximum Gasteiger partial charge on any atom is 0.410 e. The Morgan fingerprint density at radius 1 is 1.26 bits per heavy atom. The first-order chi connectivity index (χ1) is 19.9. The van der Waals surface area contributed by atoms with Crippen molar-refractivity contribution in [2.24, 2.45) is 11.8 Å². The molecule has 42 heavy (non-hydrogen) atoms. The molecule has 0 aromatic heterocycles. The van der Waals surface area contributed by atoms with Crippen LogP contribution in [0.5, 0.6) is 0 Å². The van der Waals surface area contributed by atoms with E-state index in [9.17, 15) is 34.4 Å². The van der Waals surface area contributed by atoms with E-state index >= 15 is 0 Å². The fourth-order valence-corrected chi connectivity index (χ4v) is 7.13. The lowest BCUT2D eigenvalue weighted by molar-refractivity contribution is -0.384. The highest BCUT2D eigenvalue weighted by Crippen LogP contribution is 2.52. The largest absolute Gasteiger partial charge is 0.456 e. The molecule has 1 aromatic rings. The second kappa shape index (κ2) is 12.5. The van der Waals surface area contributed by atoms with Gasteiger partial charge in [0.05, 0.1) is 23.0 Å². The summed E-state index contributed by atoms with van der Waals surface area (Å²) in [5.41, 5.74) is 0.501. The Balaban J connectivity index is 1.59. The van der Waals surface area contributed by atoms with Crippen LogP contribution in [0.1, 0.15) is 25.8 Å². The molecule has 6 atom stereocenters. The maximum absolute atomic E-state index is 13.5. The molecule has 3 amide bonds. The van der Waals surface area contributed by atoms with Gasteiger partial charge in [0.15, 0.2) is 0 Å². The highest BCUT2D eigenvalue weighted by Gasteiger charge is 2.60. The van der Waals surface area contributed by atoms with Gasteiger partial charge in [0.2, 0.25) is 11.8 Å². The number of aliphatic hydroxyl groups excluding tert-OH is 1. The molecule has 3 heterocycles. The van der Waals surface area contributed by atoms with Crippen molar-refractivity contribution in [3.8, 4) is 0 Å². The third-order valence-corrected chi connectivity index (χ3v) is 9.15. The van der Waals surface area contributed by atoms with E-state index in [1.165, 1.54) is 63.7 Å². The van der Waals surface area contributed by atoms with Crippen LogP contribution in [0.2, 0.25) is 0 Å². The fraction of sp³-hybridized carbons (Fsp3) is 0.500. The molecular weight excluding hydrogens is 568 g/mol. The van der Waals surface area contributed by atoms with Crippen molar-refractivity contribution in [2.45, 2.75) is 50.3 Å². The van der Waals surface area contributed by atoms with Crippen molar-refractivity contribution in [1.29, 1.82) is 0 Å². The summed E-state index contributed by atoms with van der Waals surface area (Å²) in [5, 5.41) is 20.9. The minimum Gasteiger partial charge on any atom is -0.456 e. The minimum absolute atomic E-state index is 0.0115. The number of esters is 1. The predicted octanol–water partition coefficient (Wildman–Crippen LogP) is 2.29. The zero-order valence-electron chi connectivity index (χ0n) is 23.8. The van der Waals surface area contributed by atoms with E-state index in [0.29, 0.717) is 16.9 Å². The van der Waals surface area contributed by atoms with Crippen LogP contribution in [0, 0.1) is 22.0 Å². The van der Waals surface area contributed by atoms with E-state index in [1.807, 2.05) is 6.92 Å². The lowest BCUT2D eigenvalue weighted by atomic mass is 9.79. The van der Waals surface area contributed by atoms with Crippen LogP contribution >= 0.6 is 11.8 Å². The summed E-state index contributed by atoms with van der Waals surface area (Å²) < 4.78 is 10.8. The molecule has 4 rings (SSSR count). The molecule has 1 N–H and O–H groups in total. The monoisotopic (exact) mass is 602 g/mol. The summed E-state index contributed by atoms with van der Waals surface area (Å²) in [6.07, 6.45) is 0.154. The van der Waals surface area contributed by atoms with Gasteiger partial charge in [-0.2, -0.15) is 0 Å². The Labute approximate surface area is 247 Å². The van der Waals surface area contributed by atoms with E-state index in [4.69, 9.17) is 9.47 Å². The number of aliphatic hydroxyl groups is 1. The molecule has 0 spiro atoms. The molecule has 0 aliphatic carbocycles. The van der Waals surface area contributed by atoms with Gasteiger partial charge in [-0.25, -0.2) is 9.59 Å². The summed E-state index contributed by atoms with van der Waals surface area (Å²) in [6, 6.07) is 4.36. The van der Waals surface area contributed by atoms with Crippen LogP contribution in [0.15, 0.2) is 47.5 Å². The van der Waals surface area contributed by atoms with Gasteiger partial charge in [0.25, 0.3) is 5.69 Å². The summed E-state index contributed by atoms with van der Waals surface area (Å²) in [5.74, 6) is -2.41. The summed E-state index contributed by atoms with van der Waals surface area (Å²) in [7, 11) is 3.20. The quantitative estimate of drug-likeness (QED) is 0.138. The number of β-lactam (4-membered cyclic amide) rings is 1. The van der Waals surface area contributed by atoms with Crippen LogP contribution in [0.25, 0.3) is 0 Å². The van der Waals surface area contributed by atoms with Crippen molar-refractivity contribution in [2.75, 3.05) is 27.2 Å². The number of hydrogen-bond donors (Lipinski definition) is 1. The van der Waals surface area contributed by atoms with Gasteiger partial charge < -0.3 is 24.4 Å². The second-order valence-electron chi connectivity index (χ2n) is 10.7. The average molecular weight is 603 g/mol. The third-order valence-electron chi connectivity index (χ3n) is 7.66. The summed E-state index contributed by atoms with van der Waals surface area (Å²) in [4.78, 5) is 67.4. The molecule has 0 bridgehead atoms. The molecular formula is C28H34N4O9S. The van der Waals surface area contributed by atoms with Crippen molar-refractivity contribution >= 4 is 41.3 Å². The Hall–Kier alpha value is -3.91. The first kappa shape index (κ1) is 31.0. The van der Waals surface area contributed by atoms with Gasteiger partial charge in [-0.05, 0) is 31.0 Å². The van der Waals surface area contributed by atoms with E-state index in [1.54, 1.807) is 14.1 Å². The van der Waals surface area contributed by atoms with Crippen LogP contribution in [-0.4, -0.2) is 99.3 Å². The number of hydrogen-bond acceptors (Lipinski definition) is 10. The highest BCUT2D eigenvalue weighted by molar-refractivity contribution is 8.03. The smallest absolute Gasteiger partial charge is 0.410 e. The van der Waals surface area contributed by atoms with Crippen LogP contribution in [0.3, 0.4) is 0 Å². The lowest BCUT2D eigenvalue weighted by Gasteiger charge is -2.46. The number of likely N-dealkylation sites (N-methyl/N-ethyl adjacent to an activating group) is 1. The van der Waals surface area contributed by atoms with E-state index in [0.717, 1.165) is 0 Å². The molecule has 13 nitrogen and oxygen atoms in total. The normalized spacial score (nSPS) is 25.5.